The van der Waals surface area contributed by atoms with E-state index >= 15 is 0 Å². The molecule has 1 aliphatic rings. The molecule has 3 nitrogen and oxygen atoms in total. The van der Waals surface area contributed by atoms with Gasteiger partial charge in [0.05, 0.1) is 6.10 Å². The second-order valence-electron chi connectivity index (χ2n) is 5.43. The van der Waals surface area contributed by atoms with Gasteiger partial charge in [-0.25, -0.2) is 0 Å². The van der Waals surface area contributed by atoms with Crippen molar-refractivity contribution in [2.45, 2.75) is 38.9 Å². The maximum absolute atomic E-state index is 10.0. The molecule has 0 fully saturated rings. The first-order valence-electron chi connectivity index (χ1n) is 7.06. The summed E-state index contributed by atoms with van der Waals surface area (Å²) in [4.78, 5) is 4.16. The molecule has 0 saturated heterocycles. The van der Waals surface area contributed by atoms with E-state index in [-0.39, 0.29) is 6.10 Å². The third-order valence-corrected chi connectivity index (χ3v) is 3.74. The minimum absolute atomic E-state index is 0.345. The van der Waals surface area contributed by atoms with Crippen molar-refractivity contribution in [1.29, 1.82) is 0 Å². The summed E-state index contributed by atoms with van der Waals surface area (Å²) in [7, 11) is 0. The zero-order valence-electron chi connectivity index (χ0n) is 11.7. The fourth-order valence-electron chi connectivity index (χ4n) is 2.71. The van der Waals surface area contributed by atoms with E-state index < -0.39 is 0 Å². The molecule has 2 aromatic rings. The molecule has 1 aromatic heterocycles. The number of hydrogen-bond donors (Lipinski definition) is 1. The van der Waals surface area contributed by atoms with Crippen molar-refractivity contribution in [2.75, 3.05) is 0 Å². The number of pyridine rings is 1. The molecule has 1 unspecified atom stereocenters. The third-order valence-electron chi connectivity index (χ3n) is 3.74. The minimum Gasteiger partial charge on any atom is -0.489 e. The number of aromatic nitrogens is 1. The smallest absolute Gasteiger partial charge is 0.120 e. The van der Waals surface area contributed by atoms with Crippen LogP contribution in [0.3, 0.4) is 0 Å². The van der Waals surface area contributed by atoms with Gasteiger partial charge in [0.2, 0.25) is 0 Å². The Balaban J connectivity index is 1.73. The number of hydrogen-bond acceptors (Lipinski definition) is 3. The molecule has 1 N–H and O–H groups in total. The van der Waals surface area contributed by atoms with Gasteiger partial charge in [0, 0.05) is 18.0 Å². The number of fused-ring (bicyclic) bond motifs is 1. The van der Waals surface area contributed by atoms with Gasteiger partial charge in [-0.3, -0.25) is 4.98 Å². The standard InChI is InChI=1S/C17H19NO2/c1-12-7-13(10-18-9-12)11-20-15-6-5-14-3-2-4-17(19)16(14)8-15/h5-10,17,19H,2-4,11H2,1H3. The average Bonchev–Trinajstić information content (AvgIpc) is 2.46. The normalized spacial score (nSPS) is 17.6. The predicted molar refractivity (Wildman–Crippen MR) is 77.6 cm³/mol. The summed E-state index contributed by atoms with van der Waals surface area (Å²) in [5, 5.41) is 10.0. The molecule has 1 aliphatic carbocycles. The molecule has 20 heavy (non-hydrogen) atoms. The molecule has 0 radical (unpaired) electrons. The lowest BCUT2D eigenvalue weighted by Crippen LogP contribution is -2.09. The van der Waals surface area contributed by atoms with Crippen molar-refractivity contribution in [3.05, 3.63) is 58.9 Å². The largest absolute Gasteiger partial charge is 0.489 e. The number of aliphatic hydroxyl groups excluding tert-OH is 1. The highest BCUT2D eigenvalue weighted by molar-refractivity contribution is 5.38. The molecule has 3 rings (SSSR count). The first kappa shape index (κ1) is 13.1. The average molecular weight is 269 g/mol. The van der Waals surface area contributed by atoms with E-state index in [0.717, 1.165) is 41.7 Å². The minimum atomic E-state index is -0.345. The number of benzene rings is 1. The number of ether oxygens (including phenoxy) is 1. The number of aryl methyl sites for hydroxylation is 2. The van der Waals surface area contributed by atoms with Crippen molar-refractivity contribution in [3.8, 4) is 5.75 Å². The van der Waals surface area contributed by atoms with E-state index in [1.807, 2.05) is 31.5 Å². The number of aliphatic hydroxyl groups is 1. The number of nitrogens with zero attached hydrogens (tertiary/aromatic N) is 1. The summed E-state index contributed by atoms with van der Waals surface area (Å²) in [6.07, 6.45) is 6.26. The third kappa shape index (κ3) is 2.83. The van der Waals surface area contributed by atoms with Crippen LogP contribution in [0.25, 0.3) is 0 Å². The Kier molecular flexibility index (Phi) is 3.70. The summed E-state index contributed by atoms with van der Waals surface area (Å²) in [5.41, 5.74) is 4.46. The molecular weight excluding hydrogens is 250 g/mol. The lowest BCUT2D eigenvalue weighted by molar-refractivity contribution is 0.156. The van der Waals surface area contributed by atoms with Crippen LogP contribution in [-0.2, 0) is 13.0 Å². The first-order valence-corrected chi connectivity index (χ1v) is 7.06. The fourth-order valence-corrected chi connectivity index (χ4v) is 2.71. The molecule has 0 saturated carbocycles. The lowest BCUT2D eigenvalue weighted by atomic mass is 9.89. The zero-order valence-corrected chi connectivity index (χ0v) is 11.7. The Hall–Kier alpha value is -1.87. The summed E-state index contributed by atoms with van der Waals surface area (Å²) in [5.74, 6) is 0.811. The second kappa shape index (κ2) is 5.63. The maximum Gasteiger partial charge on any atom is 0.120 e. The SMILES string of the molecule is Cc1cncc(COc2ccc3c(c2)C(O)CCC3)c1. The van der Waals surface area contributed by atoms with Crippen molar-refractivity contribution in [2.24, 2.45) is 0 Å². The highest BCUT2D eigenvalue weighted by Crippen LogP contribution is 2.32. The van der Waals surface area contributed by atoms with E-state index in [9.17, 15) is 5.11 Å². The maximum atomic E-state index is 10.0. The monoisotopic (exact) mass is 269 g/mol. The highest BCUT2D eigenvalue weighted by atomic mass is 16.5. The van der Waals surface area contributed by atoms with E-state index in [4.69, 9.17) is 4.74 Å². The van der Waals surface area contributed by atoms with Crippen LogP contribution in [0, 0.1) is 6.92 Å². The Morgan fingerprint density at radius 3 is 3.05 bits per heavy atom. The molecule has 3 heteroatoms. The summed E-state index contributed by atoms with van der Waals surface area (Å²) < 4.78 is 5.81. The van der Waals surface area contributed by atoms with Crippen LogP contribution in [0.2, 0.25) is 0 Å². The highest BCUT2D eigenvalue weighted by Gasteiger charge is 2.18. The Morgan fingerprint density at radius 2 is 2.20 bits per heavy atom. The summed E-state index contributed by atoms with van der Waals surface area (Å²) in [6, 6.07) is 8.10. The van der Waals surface area contributed by atoms with Gasteiger partial charge in [0.15, 0.2) is 0 Å². The Bertz CT molecular complexity index is 610. The molecule has 1 atom stereocenters. The molecule has 1 aromatic carbocycles. The molecule has 104 valence electrons. The van der Waals surface area contributed by atoms with Crippen LogP contribution >= 0.6 is 0 Å². The van der Waals surface area contributed by atoms with Crippen molar-refractivity contribution < 1.29 is 9.84 Å². The first-order chi connectivity index (χ1) is 9.72. The topological polar surface area (TPSA) is 42.4 Å². The van der Waals surface area contributed by atoms with Crippen LogP contribution in [0.4, 0.5) is 0 Å². The van der Waals surface area contributed by atoms with Crippen LogP contribution in [-0.4, -0.2) is 10.1 Å². The van der Waals surface area contributed by atoms with E-state index in [2.05, 4.69) is 17.1 Å². The van der Waals surface area contributed by atoms with Gasteiger partial charge in [0.1, 0.15) is 12.4 Å². The summed E-state index contributed by atoms with van der Waals surface area (Å²) in [6.45, 7) is 2.52. The Labute approximate surface area is 119 Å². The van der Waals surface area contributed by atoms with Gasteiger partial charge in [-0.15, -0.1) is 0 Å². The van der Waals surface area contributed by atoms with Crippen molar-refractivity contribution in [3.63, 3.8) is 0 Å². The molecule has 1 heterocycles. The van der Waals surface area contributed by atoms with Gasteiger partial charge in [-0.1, -0.05) is 6.07 Å². The molecule has 0 bridgehead atoms. The van der Waals surface area contributed by atoms with E-state index in [1.165, 1.54) is 5.56 Å². The van der Waals surface area contributed by atoms with Crippen molar-refractivity contribution in [1.82, 2.24) is 4.98 Å². The van der Waals surface area contributed by atoms with Crippen LogP contribution in [0.15, 0.2) is 36.7 Å². The molecule has 0 aliphatic heterocycles. The van der Waals surface area contributed by atoms with E-state index in [0.29, 0.717) is 6.61 Å². The molecule has 0 spiro atoms. The van der Waals surface area contributed by atoms with Gasteiger partial charge in [-0.2, -0.15) is 0 Å². The van der Waals surface area contributed by atoms with E-state index in [1.54, 1.807) is 0 Å². The quantitative estimate of drug-likeness (QED) is 0.929. The van der Waals surface area contributed by atoms with Gasteiger partial charge in [-0.05, 0) is 61.1 Å². The molecule has 0 amide bonds. The number of rotatable bonds is 3. The van der Waals surface area contributed by atoms with Crippen LogP contribution in [0.5, 0.6) is 5.75 Å². The second-order valence-corrected chi connectivity index (χ2v) is 5.43. The summed E-state index contributed by atoms with van der Waals surface area (Å²) >= 11 is 0. The van der Waals surface area contributed by atoms with Crippen LogP contribution in [0.1, 0.15) is 41.2 Å². The zero-order chi connectivity index (χ0) is 13.9. The lowest BCUT2D eigenvalue weighted by Gasteiger charge is -2.22. The Morgan fingerprint density at radius 1 is 1.30 bits per heavy atom. The van der Waals surface area contributed by atoms with Gasteiger partial charge < -0.3 is 9.84 Å². The molecular formula is C17H19NO2. The van der Waals surface area contributed by atoms with Gasteiger partial charge >= 0.3 is 0 Å². The predicted octanol–water partition coefficient (Wildman–Crippen LogP) is 3.34. The van der Waals surface area contributed by atoms with Crippen LogP contribution < -0.4 is 4.74 Å². The van der Waals surface area contributed by atoms with Gasteiger partial charge in [0.25, 0.3) is 0 Å². The fraction of sp³-hybridized carbons (Fsp3) is 0.353. The van der Waals surface area contributed by atoms with Crippen molar-refractivity contribution >= 4 is 0 Å².